The summed E-state index contributed by atoms with van der Waals surface area (Å²) in [4.78, 5) is 0. The van der Waals surface area contributed by atoms with E-state index in [1.807, 2.05) is 24.3 Å². The number of nitrogen functional groups attached to an aromatic ring is 1. The Morgan fingerprint density at radius 3 is 2.70 bits per heavy atom. The summed E-state index contributed by atoms with van der Waals surface area (Å²) in [5.74, 6) is 0. The van der Waals surface area contributed by atoms with Crippen LogP contribution >= 0.6 is 22.6 Å². The smallest absolute Gasteiger partial charge is 0.0679 e. The molecule has 2 nitrogen and oxygen atoms in total. The summed E-state index contributed by atoms with van der Waals surface area (Å²) in [6.45, 7) is 0. The van der Waals surface area contributed by atoms with E-state index < -0.39 is 0 Å². The Labute approximate surface area is 69.1 Å². The van der Waals surface area contributed by atoms with Gasteiger partial charge in [-0.05, 0) is 12.1 Å². The molecule has 0 unspecified atom stereocenters. The van der Waals surface area contributed by atoms with Crippen LogP contribution in [-0.4, -0.2) is 0 Å². The lowest BCUT2D eigenvalue weighted by molar-refractivity contribution is 1.67. The van der Waals surface area contributed by atoms with Crippen LogP contribution in [0.25, 0.3) is 0 Å². The van der Waals surface area contributed by atoms with Gasteiger partial charge in [-0.2, -0.15) is 0 Å². The van der Waals surface area contributed by atoms with E-state index >= 15 is 0 Å². The van der Waals surface area contributed by atoms with Crippen LogP contribution in [0.2, 0.25) is 0 Å². The normalized spacial score (nSPS) is 9.30. The summed E-state index contributed by atoms with van der Waals surface area (Å²) < 4.78 is 2.93. The van der Waals surface area contributed by atoms with Crippen molar-refractivity contribution in [3.63, 3.8) is 0 Å². The minimum Gasteiger partial charge on any atom is -0.397 e. The van der Waals surface area contributed by atoms with Gasteiger partial charge in [-0.15, -0.1) is 0 Å². The molecular weight excluding hydrogens is 164 g/mol. The minimum atomic E-state index is 0.740. The molecule has 0 aromatic heterocycles. The van der Waals surface area contributed by atoms with E-state index in [0.29, 0.717) is 0 Å². The van der Waals surface area contributed by atoms with E-state index in [-0.39, 0.29) is 0 Å². The van der Waals surface area contributed by atoms with Crippen molar-refractivity contribution in [2.24, 2.45) is 0 Å². The van der Waals surface area contributed by atoms with Crippen molar-refractivity contribution in [3.05, 3.63) is 24.3 Å². The SMILES string of the molecule is Nc1ccccc1NSS. The second-order valence-corrected chi connectivity index (χ2v) is 2.72. The molecule has 0 atom stereocenters. The number of thiol groups is 1. The molecule has 4 heteroatoms. The Balaban J connectivity index is 2.81. The van der Waals surface area contributed by atoms with Gasteiger partial charge in [0, 0.05) is 11.0 Å². The molecule has 0 saturated heterocycles. The van der Waals surface area contributed by atoms with Gasteiger partial charge in [-0.3, -0.25) is 0 Å². The zero-order valence-corrected chi connectivity index (χ0v) is 6.95. The first kappa shape index (κ1) is 7.63. The van der Waals surface area contributed by atoms with Gasteiger partial charge < -0.3 is 10.5 Å². The average molecular weight is 172 g/mol. The second-order valence-electron chi connectivity index (χ2n) is 1.78. The summed E-state index contributed by atoms with van der Waals surface area (Å²) in [6.07, 6.45) is 0. The fourth-order valence-electron chi connectivity index (χ4n) is 0.639. The number of hydrogen-bond acceptors (Lipinski definition) is 4. The lowest BCUT2D eigenvalue weighted by Crippen LogP contribution is -1.90. The van der Waals surface area contributed by atoms with E-state index in [0.717, 1.165) is 11.4 Å². The van der Waals surface area contributed by atoms with Crippen molar-refractivity contribution in [2.45, 2.75) is 0 Å². The highest BCUT2D eigenvalue weighted by Crippen LogP contribution is 2.21. The lowest BCUT2D eigenvalue weighted by atomic mass is 10.3. The number of nitrogens with one attached hydrogen (secondary N) is 1. The molecular formula is C6H8N2S2. The van der Waals surface area contributed by atoms with Gasteiger partial charge in [0.1, 0.15) is 0 Å². The predicted molar refractivity (Wildman–Crippen MR) is 51.1 cm³/mol. The van der Waals surface area contributed by atoms with Gasteiger partial charge in [0.25, 0.3) is 0 Å². The van der Waals surface area contributed by atoms with Gasteiger partial charge in [0.2, 0.25) is 0 Å². The highest BCUT2D eigenvalue weighted by molar-refractivity contribution is 8.69. The zero-order valence-electron chi connectivity index (χ0n) is 5.24. The van der Waals surface area contributed by atoms with Crippen LogP contribution < -0.4 is 10.5 Å². The molecule has 0 amide bonds. The molecule has 1 aromatic carbocycles. The molecule has 0 aliphatic rings. The first-order chi connectivity index (χ1) is 4.84. The van der Waals surface area contributed by atoms with Crippen LogP contribution in [0.1, 0.15) is 0 Å². The van der Waals surface area contributed by atoms with Crippen LogP contribution in [0.3, 0.4) is 0 Å². The van der Waals surface area contributed by atoms with E-state index in [9.17, 15) is 0 Å². The summed E-state index contributed by atoms with van der Waals surface area (Å²) in [7, 11) is 1.23. The topological polar surface area (TPSA) is 38.0 Å². The molecule has 1 aromatic rings. The van der Waals surface area contributed by atoms with Gasteiger partial charge in [-0.1, -0.05) is 23.8 Å². The van der Waals surface area contributed by atoms with Gasteiger partial charge in [0.15, 0.2) is 0 Å². The van der Waals surface area contributed by atoms with Crippen LogP contribution in [0.15, 0.2) is 24.3 Å². The summed E-state index contributed by atoms with van der Waals surface area (Å²) >= 11 is 3.93. The number of nitrogens with two attached hydrogens (primary N) is 1. The highest BCUT2D eigenvalue weighted by atomic mass is 33.1. The number of anilines is 2. The van der Waals surface area contributed by atoms with Gasteiger partial charge in [-0.25, -0.2) is 0 Å². The molecule has 0 bridgehead atoms. The maximum Gasteiger partial charge on any atom is 0.0679 e. The van der Waals surface area contributed by atoms with Crippen LogP contribution in [0.4, 0.5) is 11.4 Å². The highest BCUT2D eigenvalue weighted by Gasteiger charge is 1.92. The predicted octanol–water partition coefficient (Wildman–Crippen LogP) is 2.17. The first-order valence-electron chi connectivity index (χ1n) is 2.75. The van der Waals surface area contributed by atoms with E-state index in [2.05, 4.69) is 16.4 Å². The molecule has 0 fully saturated rings. The molecule has 0 radical (unpaired) electrons. The third-order valence-electron chi connectivity index (χ3n) is 1.12. The van der Waals surface area contributed by atoms with Gasteiger partial charge in [0.05, 0.1) is 11.4 Å². The van der Waals surface area contributed by atoms with Crippen LogP contribution in [0.5, 0.6) is 0 Å². The molecule has 0 aliphatic heterocycles. The van der Waals surface area contributed by atoms with Crippen molar-refractivity contribution in [1.82, 2.24) is 0 Å². The molecule has 10 heavy (non-hydrogen) atoms. The third-order valence-corrected chi connectivity index (χ3v) is 1.70. The second kappa shape index (κ2) is 3.63. The lowest BCUT2D eigenvalue weighted by Gasteiger charge is -2.02. The number of para-hydroxylation sites is 2. The molecule has 54 valence electrons. The average Bonchev–Trinajstić information content (AvgIpc) is 1.94. The molecule has 1 rings (SSSR count). The minimum absolute atomic E-state index is 0.740. The number of rotatable bonds is 2. The van der Waals surface area contributed by atoms with E-state index in [1.54, 1.807) is 0 Å². The Hall–Kier alpha value is -0.480. The van der Waals surface area contributed by atoms with Gasteiger partial charge >= 0.3 is 0 Å². The van der Waals surface area contributed by atoms with Crippen molar-refractivity contribution < 1.29 is 0 Å². The Morgan fingerprint density at radius 2 is 2.10 bits per heavy atom. The molecule has 0 heterocycles. The third kappa shape index (κ3) is 1.75. The van der Waals surface area contributed by atoms with Crippen LogP contribution in [0, 0.1) is 0 Å². The maximum absolute atomic E-state index is 5.60. The number of hydrogen-bond donors (Lipinski definition) is 3. The molecule has 0 aliphatic carbocycles. The van der Waals surface area contributed by atoms with Crippen molar-refractivity contribution >= 4 is 34.0 Å². The largest absolute Gasteiger partial charge is 0.397 e. The standard InChI is InChI=1S/C6H8N2S2/c7-5-3-1-2-4-6(5)8-10-9/h1-4,8-9H,7H2. The summed E-state index contributed by atoms with van der Waals surface area (Å²) in [6, 6.07) is 7.55. The number of benzene rings is 1. The summed E-state index contributed by atoms with van der Waals surface area (Å²) in [5.41, 5.74) is 7.24. The summed E-state index contributed by atoms with van der Waals surface area (Å²) in [5, 5.41) is 0. The molecule has 0 saturated carbocycles. The maximum atomic E-state index is 5.60. The Bertz CT molecular complexity index is 215. The molecule has 3 N–H and O–H groups in total. The fraction of sp³-hybridized carbons (Fsp3) is 0. The monoisotopic (exact) mass is 172 g/mol. The quantitative estimate of drug-likeness (QED) is 0.277. The van der Waals surface area contributed by atoms with Crippen molar-refractivity contribution in [1.29, 1.82) is 0 Å². The van der Waals surface area contributed by atoms with Crippen molar-refractivity contribution in [3.8, 4) is 0 Å². The molecule has 0 spiro atoms. The van der Waals surface area contributed by atoms with E-state index in [4.69, 9.17) is 5.73 Å². The zero-order chi connectivity index (χ0) is 7.40. The van der Waals surface area contributed by atoms with Crippen molar-refractivity contribution in [2.75, 3.05) is 10.5 Å². The first-order valence-corrected chi connectivity index (χ1v) is 4.62. The Kier molecular flexibility index (Phi) is 2.77. The Morgan fingerprint density at radius 1 is 1.40 bits per heavy atom. The van der Waals surface area contributed by atoms with E-state index in [1.165, 1.54) is 11.0 Å². The fourth-order valence-corrected chi connectivity index (χ4v) is 1.22. The van der Waals surface area contributed by atoms with Crippen LogP contribution in [-0.2, 0) is 0 Å².